The normalized spacial score (nSPS) is 25.7. The Morgan fingerprint density at radius 3 is 2.18 bits per heavy atom. The third-order valence-electron chi connectivity index (χ3n) is 3.66. The van der Waals surface area contributed by atoms with Crippen molar-refractivity contribution in [2.75, 3.05) is 0 Å². The molecule has 0 unspecified atom stereocenters. The minimum Gasteiger partial charge on any atom is -0.469 e. The molecule has 1 heterocycles. The molecule has 96 valence electrons. The molecule has 0 spiro atoms. The minimum atomic E-state index is -0.622. The fourth-order valence-corrected chi connectivity index (χ4v) is 4.13. The summed E-state index contributed by atoms with van der Waals surface area (Å²) in [6, 6.07) is 3.84. The summed E-state index contributed by atoms with van der Waals surface area (Å²) in [5, 5.41) is 10.9. The molecule has 0 amide bonds. The van der Waals surface area contributed by atoms with Gasteiger partial charge in [0.2, 0.25) is 0 Å². The van der Waals surface area contributed by atoms with E-state index >= 15 is 0 Å². The number of hydrogen-bond donors (Lipinski definition) is 1. The van der Waals surface area contributed by atoms with Crippen LogP contribution in [0.2, 0.25) is 0 Å². The van der Waals surface area contributed by atoms with Crippen molar-refractivity contribution >= 4 is 0 Å². The number of rotatable bonds is 2. The van der Waals surface area contributed by atoms with E-state index in [0.717, 1.165) is 18.6 Å². The predicted molar refractivity (Wildman–Crippen MR) is 68.8 cm³/mol. The molecule has 2 rings (SSSR count). The standard InChI is InChI=1S/C15H24O2/c1-13(2)9-14(3,4)11-15(16,10-13)8-12-6-5-7-17-12/h5-7,16H,8-11H2,1-4H3. The van der Waals surface area contributed by atoms with Crippen molar-refractivity contribution in [1.29, 1.82) is 0 Å². The summed E-state index contributed by atoms with van der Waals surface area (Å²) >= 11 is 0. The van der Waals surface area contributed by atoms with Gasteiger partial charge in [0.15, 0.2) is 0 Å². The average Bonchev–Trinajstić information content (AvgIpc) is 2.47. The van der Waals surface area contributed by atoms with Gasteiger partial charge < -0.3 is 9.52 Å². The van der Waals surface area contributed by atoms with Crippen LogP contribution < -0.4 is 0 Å². The first-order valence-electron chi connectivity index (χ1n) is 6.45. The van der Waals surface area contributed by atoms with Crippen molar-refractivity contribution < 1.29 is 9.52 Å². The number of furan rings is 1. The Balaban J connectivity index is 2.18. The van der Waals surface area contributed by atoms with Crippen molar-refractivity contribution in [1.82, 2.24) is 0 Å². The van der Waals surface area contributed by atoms with E-state index in [2.05, 4.69) is 27.7 Å². The maximum atomic E-state index is 10.9. The highest BCUT2D eigenvalue weighted by Crippen LogP contribution is 2.50. The van der Waals surface area contributed by atoms with Gasteiger partial charge in [-0.1, -0.05) is 27.7 Å². The third-order valence-corrected chi connectivity index (χ3v) is 3.66. The maximum Gasteiger partial charge on any atom is 0.106 e. The van der Waals surface area contributed by atoms with Crippen molar-refractivity contribution in [3.63, 3.8) is 0 Å². The number of aliphatic hydroxyl groups is 1. The van der Waals surface area contributed by atoms with Crippen LogP contribution in [-0.2, 0) is 6.42 Å². The lowest BCUT2D eigenvalue weighted by Crippen LogP contribution is -2.47. The second kappa shape index (κ2) is 3.88. The molecule has 1 aromatic heterocycles. The van der Waals surface area contributed by atoms with E-state index in [1.54, 1.807) is 6.26 Å². The Labute approximate surface area is 104 Å². The number of hydrogen-bond acceptors (Lipinski definition) is 2. The molecule has 1 fully saturated rings. The monoisotopic (exact) mass is 236 g/mol. The quantitative estimate of drug-likeness (QED) is 0.847. The molecular formula is C15H24O2. The summed E-state index contributed by atoms with van der Waals surface area (Å²) in [6.45, 7) is 9.00. The Morgan fingerprint density at radius 2 is 1.71 bits per heavy atom. The van der Waals surface area contributed by atoms with Crippen LogP contribution in [0.25, 0.3) is 0 Å². The predicted octanol–water partition coefficient (Wildman–Crippen LogP) is 3.79. The van der Waals surface area contributed by atoms with Gasteiger partial charge in [0.05, 0.1) is 11.9 Å². The summed E-state index contributed by atoms with van der Waals surface area (Å²) in [4.78, 5) is 0. The Bertz CT molecular complexity index is 358. The van der Waals surface area contributed by atoms with E-state index < -0.39 is 5.60 Å². The third kappa shape index (κ3) is 3.12. The molecule has 0 radical (unpaired) electrons. The van der Waals surface area contributed by atoms with Crippen LogP contribution in [0, 0.1) is 10.8 Å². The molecular weight excluding hydrogens is 212 g/mol. The fraction of sp³-hybridized carbons (Fsp3) is 0.733. The molecule has 1 N–H and O–H groups in total. The van der Waals surface area contributed by atoms with Crippen molar-refractivity contribution in [3.05, 3.63) is 24.2 Å². The molecule has 2 nitrogen and oxygen atoms in total. The summed E-state index contributed by atoms with van der Waals surface area (Å²) in [7, 11) is 0. The first kappa shape index (κ1) is 12.7. The van der Waals surface area contributed by atoms with Gasteiger partial charge >= 0.3 is 0 Å². The Morgan fingerprint density at radius 1 is 1.12 bits per heavy atom. The molecule has 0 bridgehead atoms. The summed E-state index contributed by atoms with van der Waals surface area (Å²) < 4.78 is 5.38. The van der Waals surface area contributed by atoms with E-state index in [1.165, 1.54) is 6.42 Å². The largest absolute Gasteiger partial charge is 0.469 e. The molecule has 0 aromatic carbocycles. The molecule has 0 aliphatic heterocycles. The van der Waals surface area contributed by atoms with Crippen molar-refractivity contribution in [3.8, 4) is 0 Å². The van der Waals surface area contributed by atoms with Crippen molar-refractivity contribution in [2.24, 2.45) is 10.8 Å². The minimum absolute atomic E-state index is 0.198. The highest BCUT2D eigenvalue weighted by atomic mass is 16.3. The average molecular weight is 236 g/mol. The van der Waals surface area contributed by atoms with E-state index in [0.29, 0.717) is 6.42 Å². The fourth-order valence-electron chi connectivity index (χ4n) is 4.13. The van der Waals surface area contributed by atoms with E-state index in [9.17, 15) is 5.11 Å². The van der Waals surface area contributed by atoms with Crippen LogP contribution in [0.3, 0.4) is 0 Å². The van der Waals surface area contributed by atoms with Crippen LogP contribution in [0.15, 0.2) is 22.8 Å². The second-order valence-electron chi connectivity index (χ2n) is 7.34. The maximum absolute atomic E-state index is 10.9. The SMILES string of the molecule is CC1(C)CC(C)(C)CC(O)(Cc2ccco2)C1. The van der Waals surface area contributed by atoms with Gasteiger partial charge in [-0.3, -0.25) is 0 Å². The van der Waals surface area contributed by atoms with Gasteiger partial charge in [0, 0.05) is 6.42 Å². The van der Waals surface area contributed by atoms with Gasteiger partial charge in [-0.2, -0.15) is 0 Å². The molecule has 0 saturated heterocycles. The topological polar surface area (TPSA) is 33.4 Å². The summed E-state index contributed by atoms with van der Waals surface area (Å²) in [6.07, 6.45) is 5.18. The highest BCUT2D eigenvalue weighted by Gasteiger charge is 2.46. The lowest BCUT2D eigenvalue weighted by atomic mass is 9.59. The molecule has 1 aliphatic carbocycles. The van der Waals surface area contributed by atoms with E-state index in [1.807, 2.05) is 12.1 Å². The Hall–Kier alpha value is -0.760. The van der Waals surface area contributed by atoms with Crippen molar-refractivity contribution in [2.45, 2.75) is 59.0 Å². The molecule has 1 aliphatic rings. The lowest BCUT2D eigenvalue weighted by molar-refractivity contribution is -0.0873. The highest BCUT2D eigenvalue weighted by molar-refractivity contribution is 5.07. The van der Waals surface area contributed by atoms with Crippen LogP contribution in [0.5, 0.6) is 0 Å². The van der Waals surface area contributed by atoms with Gasteiger partial charge in [-0.25, -0.2) is 0 Å². The van der Waals surface area contributed by atoms with Crippen LogP contribution in [0.1, 0.15) is 52.7 Å². The molecule has 0 atom stereocenters. The summed E-state index contributed by atoms with van der Waals surface area (Å²) in [5.41, 5.74) is -0.227. The van der Waals surface area contributed by atoms with E-state index in [4.69, 9.17) is 4.42 Å². The first-order valence-corrected chi connectivity index (χ1v) is 6.45. The zero-order valence-corrected chi connectivity index (χ0v) is 11.4. The molecule has 17 heavy (non-hydrogen) atoms. The van der Waals surface area contributed by atoms with E-state index in [-0.39, 0.29) is 10.8 Å². The van der Waals surface area contributed by atoms with Gasteiger partial charge in [-0.15, -0.1) is 0 Å². The zero-order chi connectivity index (χ0) is 12.7. The van der Waals surface area contributed by atoms with Crippen LogP contribution in [0.4, 0.5) is 0 Å². The van der Waals surface area contributed by atoms with Gasteiger partial charge in [0.25, 0.3) is 0 Å². The first-order chi connectivity index (χ1) is 7.70. The lowest BCUT2D eigenvalue weighted by Gasteiger charge is -2.49. The molecule has 1 aromatic rings. The molecule has 1 saturated carbocycles. The van der Waals surface area contributed by atoms with Gasteiger partial charge in [0.1, 0.15) is 5.76 Å². The Kier molecular flexibility index (Phi) is 2.89. The summed E-state index contributed by atoms with van der Waals surface area (Å²) in [5.74, 6) is 0.890. The molecule has 2 heteroatoms. The van der Waals surface area contributed by atoms with Crippen LogP contribution >= 0.6 is 0 Å². The van der Waals surface area contributed by atoms with Gasteiger partial charge in [-0.05, 0) is 42.2 Å². The second-order valence-corrected chi connectivity index (χ2v) is 7.34. The smallest absolute Gasteiger partial charge is 0.106 e. The van der Waals surface area contributed by atoms with Crippen LogP contribution in [-0.4, -0.2) is 10.7 Å². The zero-order valence-electron chi connectivity index (χ0n) is 11.4.